The first kappa shape index (κ1) is 20.7. The Hall–Kier alpha value is -2.61. The first-order valence-corrected chi connectivity index (χ1v) is 9.64. The third-order valence-corrected chi connectivity index (χ3v) is 5.00. The summed E-state index contributed by atoms with van der Waals surface area (Å²) in [7, 11) is 0. The quantitative estimate of drug-likeness (QED) is 0.431. The molecule has 1 aliphatic rings. The number of hydrogen-bond acceptors (Lipinski definition) is 4. The van der Waals surface area contributed by atoms with Crippen LogP contribution in [0.4, 0.5) is 0 Å². The average molecular weight is 368 g/mol. The second kappa shape index (κ2) is 9.91. The molecule has 1 fully saturated rings. The Balaban J connectivity index is 1.98. The number of piperidine rings is 1. The van der Waals surface area contributed by atoms with Gasteiger partial charge in [0.05, 0.1) is 0 Å². The van der Waals surface area contributed by atoms with Crippen LogP contribution in [0.5, 0.6) is 0 Å². The molecular weight excluding hydrogens is 340 g/mol. The summed E-state index contributed by atoms with van der Waals surface area (Å²) in [6.45, 7) is 6.65. The highest BCUT2D eigenvalue weighted by molar-refractivity contribution is 5.98. The van der Waals surface area contributed by atoms with Gasteiger partial charge in [0, 0.05) is 12.6 Å². The lowest BCUT2D eigenvalue weighted by Gasteiger charge is -2.35. The Kier molecular flexibility index (Phi) is 7.60. The van der Waals surface area contributed by atoms with Gasteiger partial charge in [-0.1, -0.05) is 45.0 Å². The van der Waals surface area contributed by atoms with Crippen LogP contribution in [0.3, 0.4) is 0 Å². The van der Waals surface area contributed by atoms with Crippen molar-refractivity contribution in [2.75, 3.05) is 13.2 Å². The summed E-state index contributed by atoms with van der Waals surface area (Å²) in [5.41, 5.74) is 1.83. The van der Waals surface area contributed by atoms with Gasteiger partial charge in [-0.15, -0.1) is 0 Å². The molecule has 1 saturated heterocycles. The van der Waals surface area contributed by atoms with Crippen LogP contribution < -0.4 is 0 Å². The largest absolute Gasteiger partial charge is 0.451 e. The number of carbonyl (C=O) groups excluding carboxylic acids is 2. The van der Waals surface area contributed by atoms with Crippen molar-refractivity contribution in [2.45, 2.75) is 58.4 Å². The minimum atomic E-state index is -0.760. The van der Waals surface area contributed by atoms with E-state index in [9.17, 15) is 14.9 Å². The molecule has 0 N–H and O–H groups in total. The molecular formula is C22H28N2O3. The van der Waals surface area contributed by atoms with Crippen LogP contribution in [-0.4, -0.2) is 36.0 Å². The van der Waals surface area contributed by atoms with Crippen molar-refractivity contribution >= 4 is 18.0 Å². The van der Waals surface area contributed by atoms with Gasteiger partial charge in [-0.25, -0.2) is 4.79 Å². The van der Waals surface area contributed by atoms with Crippen LogP contribution >= 0.6 is 0 Å². The van der Waals surface area contributed by atoms with E-state index in [1.54, 1.807) is 4.90 Å². The number of likely N-dealkylation sites (tertiary alicyclic amines) is 1. The van der Waals surface area contributed by atoms with Crippen LogP contribution in [0, 0.1) is 11.3 Å². The second-order valence-electron chi connectivity index (χ2n) is 7.21. The molecule has 0 aromatic heterocycles. The highest BCUT2D eigenvalue weighted by Gasteiger charge is 2.26. The molecule has 1 amide bonds. The smallest absolute Gasteiger partial charge is 0.349 e. The van der Waals surface area contributed by atoms with Gasteiger partial charge in [-0.2, -0.15) is 5.26 Å². The van der Waals surface area contributed by atoms with Crippen molar-refractivity contribution in [1.29, 1.82) is 5.26 Å². The van der Waals surface area contributed by atoms with Crippen molar-refractivity contribution < 1.29 is 14.3 Å². The molecule has 1 aliphatic heterocycles. The molecule has 0 aliphatic carbocycles. The fourth-order valence-corrected chi connectivity index (χ4v) is 3.32. The van der Waals surface area contributed by atoms with Crippen LogP contribution in [0.15, 0.2) is 29.8 Å². The molecule has 0 saturated carbocycles. The Morgan fingerprint density at radius 3 is 2.59 bits per heavy atom. The molecule has 0 radical (unpaired) electrons. The van der Waals surface area contributed by atoms with E-state index in [1.165, 1.54) is 11.6 Å². The molecule has 5 heteroatoms. The minimum absolute atomic E-state index is 0.106. The van der Waals surface area contributed by atoms with Crippen LogP contribution in [-0.2, 0) is 14.3 Å². The number of rotatable bonds is 6. The highest BCUT2D eigenvalue weighted by Crippen LogP contribution is 2.20. The number of hydrogen-bond donors (Lipinski definition) is 0. The van der Waals surface area contributed by atoms with E-state index >= 15 is 0 Å². The van der Waals surface area contributed by atoms with Gasteiger partial charge < -0.3 is 9.64 Å². The van der Waals surface area contributed by atoms with E-state index in [4.69, 9.17) is 4.74 Å². The number of ether oxygens (including phenoxy) is 1. The Labute approximate surface area is 161 Å². The monoisotopic (exact) mass is 368 g/mol. The summed E-state index contributed by atoms with van der Waals surface area (Å²) in [6, 6.07) is 9.77. The molecule has 1 aromatic rings. The zero-order valence-corrected chi connectivity index (χ0v) is 16.4. The molecule has 144 valence electrons. The normalized spacial score (nSPS) is 17.5. The van der Waals surface area contributed by atoms with E-state index < -0.39 is 5.97 Å². The van der Waals surface area contributed by atoms with Crippen LogP contribution in [0.2, 0.25) is 0 Å². The Morgan fingerprint density at radius 1 is 1.30 bits per heavy atom. The van der Waals surface area contributed by atoms with Gasteiger partial charge in [-0.05, 0) is 48.8 Å². The molecule has 1 atom stereocenters. The third kappa shape index (κ3) is 5.68. The summed E-state index contributed by atoms with van der Waals surface area (Å²) < 4.78 is 5.12. The maximum atomic E-state index is 12.4. The lowest BCUT2D eigenvalue weighted by molar-refractivity contribution is -0.150. The van der Waals surface area contributed by atoms with Gasteiger partial charge in [0.25, 0.3) is 5.91 Å². The summed E-state index contributed by atoms with van der Waals surface area (Å²) in [5.74, 6) is -0.534. The molecule has 5 nitrogen and oxygen atoms in total. The fraction of sp³-hybridized carbons (Fsp3) is 0.500. The average Bonchev–Trinajstić information content (AvgIpc) is 2.70. The van der Waals surface area contributed by atoms with Crippen LogP contribution in [0.1, 0.15) is 63.5 Å². The van der Waals surface area contributed by atoms with Gasteiger partial charge >= 0.3 is 5.97 Å². The predicted molar refractivity (Wildman–Crippen MR) is 105 cm³/mol. The van der Waals surface area contributed by atoms with Gasteiger partial charge in [0.15, 0.2) is 6.61 Å². The molecule has 0 unspecified atom stereocenters. The van der Waals surface area contributed by atoms with Crippen molar-refractivity contribution in [3.8, 4) is 6.07 Å². The molecule has 1 heterocycles. The van der Waals surface area contributed by atoms with Crippen molar-refractivity contribution in [3.05, 3.63) is 41.0 Å². The standard InChI is InChI=1S/C22H28N2O3/c1-4-20-7-5-6-12-24(20)21(25)15-27-22(26)19(14-23)13-17-8-10-18(11-9-17)16(2)3/h8-11,13,16,20H,4-7,12,15H2,1-3H3/b19-13+/t20-/m1/s1. The third-order valence-electron chi connectivity index (χ3n) is 5.00. The maximum Gasteiger partial charge on any atom is 0.349 e. The van der Waals surface area contributed by atoms with E-state index in [-0.39, 0.29) is 24.1 Å². The van der Waals surface area contributed by atoms with Gasteiger partial charge in [0.2, 0.25) is 0 Å². The number of amides is 1. The summed E-state index contributed by atoms with van der Waals surface area (Å²) in [6.07, 6.45) is 5.48. The SMILES string of the molecule is CC[C@@H]1CCCCN1C(=O)COC(=O)/C(C#N)=C/c1ccc(C(C)C)cc1. The molecule has 0 spiro atoms. The van der Waals surface area contributed by atoms with Gasteiger partial charge in [0.1, 0.15) is 11.6 Å². The van der Waals surface area contributed by atoms with Crippen molar-refractivity contribution in [2.24, 2.45) is 0 Å². The Morgan fingerprint density at radius 2 is 2.00 bits per heavy atom. The van der Waals surface area contributed by atoms with E-state index in [1.807, 2.05) is 30.3 Å². The number of nitriles is 1. The first-order chi connectivity index (χ1) is 13.0. The van der Waals surface area contributed by atoms with E-state index in [0.717, 1.165) is 31.2 Å². The number of esters is 1. The molecule has 1 aromatic carbocycles. The maximum absolute atomic E-state index is 12.4. The number of nitrogens with zero attached hydrogens (tertiary/aromatic N) is 2. The summed E-state index contributed by atoms with van der Waals surface area (Å²) in [4.78, 5) is 26.4. The fourth-order valence-electron chi connectivity index (χ4n) is 3.32. The van der Waals surface area contributed by atoms with Gasteiger partial charge in [-0.3, -0.25) is 4.79 Å². The lowest BCUT2D eigenvalue weighted by Crippen LogP contribution is -2.45. The van der Waals surface area contributed by atoms with Crippen molar-refractivity contribution in [3.63, 3.8) is 0 Å². The van der Waals surface area contributed by atoms with E-state index in [2.05, 4.69) is 20.8 Å². The number of carbonyl (C=O) groups is 2. The summed E-state index contributed by atoms with van der Waals surface area (Å²) in [5, 5.41) is 9.28. The predicted octanol–water partition coefficient (Wildman–Crippen LogP) is 4.05. The molecule has 27 heavy (non-hydrogen) atoms. The molecule has 2 rings (SSSR count). The first-order valence-electron chi connectivity index (χ1n) is 9.64. The topological polar surface area (TPSA) is 70.4 Å². The summed E-state index contributed by atoms with van der Waals surface area (Å²) >= 11 is 0. The Bertz CT molecular complexity index is 729. The van der Waals surface area contributed by atoms with E-state index in [0.29, 0.717) is 12.5 Å². The van der Waals surface area contributed by atoms with Crippen molar-refractivity contribution in [1.82, 2.24) is 4.90 Å². The second-order valence-corrected chi connectivity index (χ2v) is 7.21. The van der Waals surface area contributed by atoms with Crippen LogP contribution in [0.25, 0.3) is 6.08 Å². The minimum Gasteiger partial charge on any atom is -0.451 e. The zero-order valence-electron chi connectivity index (χ0n) is 16.4. The highest BCUT2D eigenvalue weighted by atomic mass is 16.5. The number of benzene rings is 1. The zero-order chi connectivity index (χ0) is 19.8. The lowest BCUT2D eigenvalue weighted by atomic mass is 10.00. The molecule has 0 bridgehead atoms.